The summed E-state index contributed by atoms with van der Waals surface area (Å²) in [5.74, 6) is 0.661. The number of aromatic nitrogens is 6. The van der Waals surface area contributed by atoms with Crippen LogP contribution >= 0.6 is 0 Å². The second-order valence-electron chi connectivity index (χ2n) is 9.23. The third-order valence-corrected chi connectivity index (χ3v) is 6.71. The Morgan fingerprint density at radius 3 is 2.58 bits per heavy atom. The van der Waals surface area contributed by atoms with Crippen molar-refractivity contribution in [1.29, 1.82) is 0 Å². The van der Waals surface area contributed by atoms with Crippen LogP contribution in [0.1, 0.15) is 18.1 Å². The molecule has 0 atom stereocenters. The molecule has 0 unspecified atom stereocenters. The van der Waals surface area contributed by atoms with Crippen LogP contribution in [0.2, 0.25) is 0 Å². The lowest BCUT2D eigenvalue weighted by atomic mass is 10.0. The predicted molar refractivity (Wildman–Crippen MR) is 163 cm³/mol. The zero-order valence-corrected chi connectivity index (χ0v) is 22.0. The maximum Gasteiger partial charge on any atom is 0.159 e. The molecule has 2 aromatic carbocycles. The lowest BCUT2D eigenvalue weighted by Crippen LogP contribution is -2.09. The Morgan fingerprint density at radius 1 is 0.950 bits per heavy atom. The Bertz CT molecular complexity index is 1910. The monoisotopic (exact) mass is 521 g/mol. The molecule has 7 heteroatoms. The van der Waals surface area contributed by atoms with E-state index < -0.39 is 0 Å². The third kappa shape index (κ3) is 4.72. The van der Waals surface area contributed by atoms with Crippen LogP contribution in [0.4, 0.5) is 0 Å². The smallest absolute Gasteiger partial charge is 0.159 e. The Balaban J connectivity index is 1.36. The highest BCUT2D eigenvalue weighted by atomic mass is 15.1. The van der Waals surface area contributed by atoms with Gasteiger partial charge in [0.05, 0.1) is 22.9 Å². The Morgan fingerprint density at radius 2 is 1.80 bits per heavy atom. The van der Waals surface area contributed by atoms with Crippen LogP contribution in [-0.4, -0.2) is 30.1 Å². The number of benzene rings is 2. The summed E-state index contributed by atoms with van der Waals surface area (Å²) in [5.41, 5.74) is 9.70. The first-order valence-corrected chi connectivity index (χ1v) is 12.9. The molecular weight excluding hydrogens is 494 g/mol. The first-order chi connectivity index (χ1) is 19.6. The lowest BCUT2D eigenvalue weighted by Gasteiger charge is -2.12. The van der Waals surface area contributed by atoms with Gasteiger partial charge in [-0.05, 0) is 60.0 Å². The summed E-state index contributed by atoms with van der Waals surface area (Å²) in [5, 5.41) is 12.1. The number of hydrogen-bond donors (Lipinski definition) is 3. The Hall–Kier alpha value is -5.56. The van der Waals surface area contributed by atoms with Crippen LogP contribution in [-0.2, 0) is 0 Å². The van der Waals surface area contributed by atoms with E-state index in [-0.39, 0.29) is 0 Å². The number of nitrogens with one attached hydrogen (secondary N) is 3. The van der Waals surface area contributed by atoms with E-state index in [1.54, 1.807) is 24.7 Å². The summed E-state index contributed by atoms with van der Waals surface area (Å²) in [6, 6.07) is 22.0. The fourth-order valence-corrected chi connectivity index (χ4v) is 4.66. The van der Waals surface area contributed by atoms with Crippen LogP contribution < -0.4 is 5.32 Å². The van der Waals surface area contributed by atoms with Crippen molar-refractivity contribution in [3.63, 3.8) is 0 Å². The maximum absolute atomic E-state index is 4.92. The number of fused-ring (bicyclic) bond motifs is 2. The molecule has 7 nitrogen and oxygen atoms in total. The van der Waals surface area contributed by atoms with Crippen molar-refractivity contribution < 1.29 is 0 Å². The highest BCUT2D eigenvalue weighted by molar-refractivity contribution is 5.97. The van der Waals surface area contributed by atoms with Crippen molar-refractivity contribution >= 4 is 33.2 Å². The van der Waals surface area contributed by atoms with Crippen molar-refractivity contribution in [2.24, 2.45) is 0 Å². The van der Waals surface area contributed by atoms with Gasteiger partial charge in [-0.25, -0.2) is 4.98 Å². The lowest BCUT2D eigenvalue weighted by molar-refractivity contribution is 1.11. The normalized spacial score (nSPS) is 12.1. The molecule has 0 aliphatic rings. The quantitative estimate of drug-likeness (QED) is 0.183. The number of nitrogens with zero attached hydrogens (tertiary/aromatic N) is 4. The minimum absolute atomic E-state index is 0.661. The third-order valence-electron chi connectivity index (χ3n) is 6.71. The van der Waals surface area contributed by atoms with E-state index >= 15 is 0 Å². The number of imidazole rings is 1. The van der Waals surface area contributed by atoms with Crippen LogP contribution in [0.3, 0.4) is 0 Å². The Labute approximate surface area is 231 Å². The number of pyridine rings is 2. The molecule has 0 saturated heterocycles. The van der Waals surface area contributed by atoms with Gasteiger partial charge in [-0.1, -0.05) is 61.7 Å². The topological polar surface area (TPSA) is 95.2 Å². The van der Waals surface area contributed by atoms with E-state index in [0.29, 0.717) is 5.82 Å². The first-order valence-electron chi connectivity index (χ1n) is 12.9. The van der Waals surface area contributed by atoms with Crippen molar-refractivity contribution in [3.8, 4) is 22.8 Å². The molecule has 40 heavy (non-hydrogen) atoms. The fraction of sp³-hybridized carbons (Fsp3) is 0.0303. The average molecular weight is 522 g/mol. The largest absolute Gasteiger partial charge is 0.356 e. The number of allylic oxidation sites excluding steroid dienone is 4. The molecule has 4 heterocycles. The van der Waals surface area contributed by atoms with E-state index in [1.165, 1.54) is 0 Å². The van der Waals surface area contributed by atoms with Crippen molar-refractivity contribution in [2.75, 3.05) is 0 Å². The summed E-state index contributed by atoms with van der Waals surface area (Å²) in [7, 11) is 0. The van der Waals surface area contributed by atoms with Crippen molar-refractivity contribution in [3.05, 3.63) is 134 Å². The maximum atomic E-state index is 4.92. The highest BCUT2D eigenvalue weighted by Gasteiger charge is 2.16. The van der Waals surface area contributed by atoms with E-state index in [1.807, 2.05) is 61.5 Å². The molecule has 194 valence electrons. The number of rotatable bonds is 8. The molecule has 0 bridgehead atoms. The summed E-state index contributed by atoms with van der Waals surface area (Å²) in [6.45, 7) is 10.2. The first kappa shape index (κ1) is 24.8. The molecule has 6 rings (SSSR count). The van der Waals surface area contributed by atoms with Gasteiger partial charge in [0.25, 0.3) is 0 Å². The van der Waals surface area contributed by atoms with Crippen molar-refractivity contribution in [2.45, 2.75) is 6.92 Å². The van der Waals surface area contributed by atoms with Gasteiger partial charge in [-0.3, -0.25) is 15.1 Å². The standard InChI is InChI=1S/C33H27N7/c1-4-22(17-25(5-2)36-21(3)23-11-7-6-8-12-23)24-14-15-29-26(18-24)32(40-39-29)33-37-30-20-34-19-27(31(30)38-33)28-13-9-10-16-35-28/h4-20,36H,2-3H2,1H3,(H,37,38)(H,39,40)/b22-4+,25-17+. The summed E-state index contributed by atoms with van der Waals surface area (Å²) in [4.78, 5) is 17.2. The van der Waals surface area contributed by atoms with Crippen LogP contribution in [0.15, 0.2) is 122 Å². The molecule has 0 radical (unpaired) electrons. The van der Waals surface area contributed by atoms with Gasteiger partial charge < -0.3 is 10.3 Å². The van der Waals surface area contributed by atoms with Gasteiger partial charge in [0.2, 0.25) is 0 Å². The average Bonchev–Trinajstić information content (AvgIpc) is 3.64. The van der Waals surface area contributed by atoms with E-state index in [9.17, 15) is 0 Å². The van der Waals surface area contributed by atoms with Gasteiger partial charge >= 0.3 is 0 Å². The molecule has 0 aliphatic carbocycles. The molecule has 4 aromatic heterocycles. The molecule has 6 aromatic rings. The Kier molecular flexibility index (Phi) is 6.60. The van der Waals surface area contributed by atoms with E-state index in [4.69, 9.17) is 4.98 Å². The number of aromatic amines is 2. The van der Waals surface area contributed by atoms with Crippen molar-refractivity contribution in [1.82, 2.24) is 35.5 Å². The van der Waals surface area contributed by atoms with Gasteiger partial charge in [-0.2, -0.15) is 5.10 Å². The van der Waals surface area contributed by atoms with Gasteiger partial charge in [0.15, 0.2) is 5.82 Å². The number of H-pyrrole nitrogens is 2. The summed E-state index contributed by atoms with van der Waals surface area (Å²) in [6.07, 6.45) is 11.3. The molecule has 3 N–H and O–H groups in total. The second-order valence-corrected chi connectivity index (χ2v) is 9.23. The van der Waals surface area contributed by atoms with Crippen LogP contribution in [0.5, 0.6) is 0 Å². The van der Waals surface area contributed by atoms with Crippen LogP contribution in [0, 0.1) is 0 Å². The zero-order valence-electron chi connectivity index (χ0n) is 22.0. The highest BCUT2D eigenvalue weighted by Crippen LogP contribution is 2.32. The number of hydrogen-bond acceptors (Lipinski definition) is 5. The fourth-order valence-electron chi connectivity index (χ4n) is 4.66. The zero-order chi connectivity index (χ0) is 27.5. The van der Waals surface area contributed by atoms with E-state index in [0.717, 1.165) is 67.0 Å². The molecule has 0 aliphatic heterocycles. The predicted octanol–water partition coefficient (Wildman–Crippen LogP) is 7.30. The summed E-state index contributed by atoms with van der Waals surface area (Å²) < 4.78 is 0. The molecule has 0 spiro atoms. The van der Waals surface area contributed by atoms with Gasteiger partial charge in [0.1, 0.15) is 11.2 Å². The SMILES string of the molecule is C=C/C(=C\C(=C/C)c1ccc2[nH]nc(-c3nc4c(-c5ccccn5)cncc4[nH]3)c2c1)NC(=C)c1ccccc1. The molecule has 0 saturated carbocycles. The molecule has 0 fully saturated rings. The van der Waals surface area contributed by atoms with Gasteiger partial charge in [-0.15, -0.1) is 0 Å². The van der Waals surface area contributed by atoms with Gasteiger partial charge in [0, 0.05) is 34.7 Å². The minimum atomic E-state index is 0.661. The minimum Gasteiger partial charge on any atom is -0.356 e. The summed E-state index contributed by atoms with van der Waals surface area (Å²) >= 11 is 0. The van der Waals surface area contributed by atoms with Crippen LogP contribution in [0.25, 0.3) is 56.0 Å². The molecule has 0 amide bonds. The molecular formula is C33H27N7. The second kappa shape index (κ2) is 10.7. The van der Waals surface area contributed by atoms with E-state index in [2.05, 4.69) is 67.9 Å².